The summed E-state index contributed by atoms with van der Waals surface area (Å²) >= 11 is 12.9. The summed E-state index contributed by atoms with van der Waals surface area (Å²) in [6, 6.07) is 9.74. The number of aromatic nitrogens is 2. The topological polar surface area (TPSA) is 144 Å². The summed E-state index contributed by atoms with van der Waals surface area (Å²) in [5, 5.41) is 4.36. The molecule has 1 fully saturated rings. The first-order valence-corrected chi connectivity index (χ1v) is 15.7. The van der Waals surface area contributed by atoms with Crippen LogP contribution >= 0.6 is 23.2 Å². The van der Waals surface area contributed by atoms with Gasteiger partial charge in [-0.15, -0.1) is 0 Å². The quantitative estimate of drug-likeness (QED) is 0.358. The minimum Gasteiger partial charge on any atom is -0.337 e. The molecule has 41 heavy (non-hydrogen) atoms. The minimum atomic E-state index is -3.59. The van der Waals surface area contributed by atoms with E-state index in [1.54, 1.807) is 54.3 Å². The Morgan fingerprint density at radius 2 is 1.90 bits per heavy atom. The van der Waals surface area contributed by atoms with Crippen LogP contribution in [-0.2, 0) is 26.3 Å². The maximum Gasteiger partial charge on any atom is 0.255 e. The molecule has 1 saturated carbocycles. The predicted octanol–water partition coefficient (Wildman–Crippen LogP) is 4.07. The highest BCUT2D eigenvalue weighted by atomic mass is 35.5. The first-order valence-electron chi connectivity index (χ1n) is 13.1. The molecule has 1 aliphatic carbocycles. The summed E-state index contributed by atoms with van der Waals surface area (Å²) in [6.07, 6.45) is 3.74. The van der Waals surface area contributed by atoms with Crippen LogP contribution in [0, 0.1) is 6.92 Å². The third-order valence-corrected chi connectivity index (χ3v) is 8.62. The maximum absolute atomic E-state index is 14.2. The van der Waals surface area contributed by atoms with E-state index in [-0.39, 0.29) is 23.4 Å². The lowest BCUT2D eigenvalue weighted by Gasteiger charge is -2.49. The van der Waals surface area contributed by atoms with Crippen LogP contribution in [0.5, 0.6) is 0 Å². The number of hydrogen-bond donors (Lipinski definition) is 2. The van der Waals surface area contributed by atoms with Gasteiger partial charge in [0.25, 0.3) is 17.7 Å². The first kappa shape index (κ1) is 29.5. The van der Waals surface area contributed by atoms with E-state index in [9.17, 15) is 18.0 Å². The van der Waals surface area contributed by atoms with E-state index in [0.717, 1.165) is 19.1 Å². The zero-order chi connectivity index (χ0) is 29.3. The zero-order valence-electron chi connectivity index (χ0n) is 22.3. The molecule has 0 spiro atoms. The van der Waals surface area contributed by atoms with Crippen LogP contribution in [-0.4, -0.2) is 53.6 Å². The van der Waals surface area contributed by atoms with Gasteiger partial charge in [0.2, 0.25) is 10.0 Å². The number of aryl methyl sites for hydroxylation is 1. The predicted molar refractivity (Wildman–Crippen MR) is 151 cm³/mol. The van der Waals surface area contributed by atoms with Crippen molar-refractivity contribution in [3.8, 4) is 0 Å². The maximum atomic E-state index is 14.2. The summed E-state index contributed by atoms with van der Waals surface area (Å²) in [7, 11) is -3.59. The van der Waals surface area contributed by atoms with Crippen molar-refractivity contribution in [1.82, 2.24) is 25.2 Å². The van der Waals surface area contributed by atoms with Crippen LogP contribution in [0.15, 0.2) is 47.0 Å². The molecule has 1 aliphatic heterocycles. The van der Waals surface area contributed by atoms with Gasteiger partial charge in [-0.2, -0.15) is 4.98 Å². The Balaban J connectivity index is 1.60. The Morgan fingerprint density at radius 1 is 1.15 bits per heavy atom. The molecule has 2 N–H and O–H groups in total. The van der Waals surface area contributed by atoms with Crippen molar-refractivity contribution in [2.45, 2.75) is 63.3 Å². The van der Waals surface area contributed by atoms with E-state index in [0.29, 0.717) is 40.4 Å². The molecule has 4 atom stereocenters. The lowest BCUT2D eigenvalue weighted by atomic mass is 9.76. The fourth-order valence-corrected chi connectivity index (χ4v) is 7.10. The number of nitrogens with zero attached hydrogens (tertiary/aromatic N) is 3. The van der Waals surface area contributed by atoms with Gasteiger partial charge in [-0.25, -0.2) is 18.6 Å². The zero-order valence-corrected chi connectivity index (χ0v) is 24.7. The van der Waals surface area contributed by atoms with E-state index in [1.807, 2.05) is 0 Å². The second kappa shape index (κ2) is 12.1. The number of sulfonamides is 1. The molecular weight excluding hydrogens is 593 g/mol. The Bertz CT molecular complexity index is 1560. The molecule has 2 aliphatic rings. The molecule has 0 unspecified atom stereocenters. The summed E-state index contributed by atoms with van der Waals surface area (Å²) < 4.78 is 32.4. The summed E-state index contributed by atoms with van der Waals surface area (Å²) in [4.78, 5) is 39.3. The normalized spacial score (nSPS) is 22.8. The van der Waals surface area contributed by atoms with Gasteiger partial charge in [-0.05, 0) is 49.1 Å². The smallest absolute Gasteiger partial charge is 0.255 e. The van der Waals surface area contributed by atoms with Crippen LogP contribution in [0.2, 0.25) is 10.0 Å². The van der Waals surface area contributed by atoms with E-state index in [2.05, 4.69) is 20.3 Å². The van der Waals surface area contributed by atoms with Gasteiger partial charge in [0, 0.05) is 27.7 Å². The van der Waals surface area contributed by atoms with Crippen LogP contribution in [0.1, 0.15) is 70.8 Å². The van der Waals surface area contributed by atoms with Gasteiger partial charge < -0.3 is 9.42 Å². The summed E-state index contributed by atoms with van der Waals surface area (Å²) in [6.45, 7) is 1.49. The number of amides is 2. The van der Waals surface area contributed by atoms with Crippen molar-refractivity contribution in [1.29, 1.82) is 0 Å². The summed E-state index contributed by atoms with van der Waals surface area (Å²) in [5.41, 5.74) is 3.81. The van der Waals surface area contributed by atoms with Crippen LogP contribution < -0.4 is 10.2 Å². The number of hydroxylamine groups is 1. The molecule has 5 rings (SSSR count). The van der Waals surface area contributed by atoms with Crippen molar-refractivity contribution < 1.29 is 27.4 Å². The monoisotopic (exact) mass is 621 g/mol. The van der Waals surface area contributed by atoms with E-state index in [4.69, 9.17) is 32.6 Å². The molecule has 0 bridgehead atoms. The first-order chi connectivity index (χ1) is 19.5. The molecule has 0 radical (unpaired) electrons. The highest BCUT2D eigenvalue weighted by Gasteiger charge is 2.49. The molecule has 3 aromatic rings. The number of carbonyl (C=O) groups excluding carboxylic acids is 2. The Hall–Kier alpha value is -3.03. The summed E-state index contributed by atoms with van der Waals surface area (Å²) in [5.74, 6) is -1.22. The third-order valence-electron chi connectivity index (χ3n) is 7.33. The fourth-order valence-electron chi connectivity index (χ4n) is 5.76. The fraction of sp³-hybridized carbons (Fsp3) is 0.407. The molecule has 2 heterocycles. The number of carbonyl (C=O) groups is 2. The van der Waals surface area contributed by atoms with Crippen molar-refractivity contribution in [3.63, 3.8) is 0 Å². The van der Waals surface area contributed by atoms with Gasteiger partial charge in [-0.3, -0.25) is 14.4 Å². The number of rotatable bonds is 8. The molecule has 218 valence electrons. The van der Waals surface area contributed by atoms with Crippen molar-refractivity contribution in [2.75, 3.05) is 6.26 Å². The largest absolute Gasteiger partial charge is 0.337 e. The van der Waals surface area contributed by atoms with Crippen molar-refractivity contribution >= 4 is 45.0 Å². The number of fused-ring (bicyclic) bond motifs is 1. The Labute approximate surface area is 247 Å². The Kier molecular flexibility index (Phi) is 8.67. The molecule has 1 aromatic heterocycles. The number of halogens is 2. The van der Waals surface area contributed by atoms with Crippen LogP contribution in [0.4, 0.5) is 0 Å². The van der Waals surface area contributed by atoms with Gasteiger partial charge in [0.1, 0.15) is 0 Å². The van der Waals surface area contributed by atoms with E-state index >= 15 is 0 Å². The highest BCUT2D eigenvalue weighted by molar-refractivity contribution is 7.88. The second-order valence-electron chi connectivity index (χ2n) is 10.2. The lowest BCUT2D eigenvalue weighted by Crippen LogP contribution is -2.59. The average Bonchev–Trinajstić information content (AvgIpc) is 3.33. The van der Waals surface area contributed by atoms with Gasteiger partial charge in [-0.1, -0.05) is 65.5 Å². The van der Waals surface area contributed by atoms with Crippen LogP contribution in [0.25, 0.3) is 0 Å². The number of nitrogens with one attached hydrogen (secondary N) is 2. The molecule has 2 aromatic carbocycles. The lowest BCUT2D eigenvalue weighted by molar-refractivity contribution is -0.139. The average molecular weight is 623 g/mol. The van der Waals surface area contributed by atoms with E-state index in [1.165, 1.54) is 0 Å². The molecule has 14 heteroatoms. The number of hydrogen-bond acceptors (Lipinski definition) is 8. The Morgan fingerprint density at radius 3 is 2.61 bits per heavy atom. The molecule has 2 amide bonds. The van der Waals surface area contributed by atoms with Crippen molar-refractivity contribution in [3.05, 3.63) is 80.9 Å². The highest BCUT2D eigenvalue weighted by Crippen LogP contribution is 2.47. The van der Waals surface area contributed by atoms with Gasteiger partial charge in [0.15, 0.2) is 12.4 Å². The second-order valence-corrected chi connectivity index (χ2v) is 12.9. The molecule has 11 nitrogen and oxygen atoms in total. The van der Waals surface area contributed by atoms with Crippen LogP contribution in [0.3, 0.4) is 0 Å². The van der Waals surface area contributed by atoms with E-state index < -0.39 is 40.0 Å². The molecular formula is C27H29Cl2N5O6S. The van der Waals surface area contributed by atoms with Crippen molar-refractivity contribution in [2.24, 2.45) is 0 Å². The standard InChI is InChI=1S/C27H29Cl2N5O6S/c1-15-30-23(40-31-15)14-39-32-26(35)24-17-7-3-4-8-18(17)27(36)34(25(24)19-12-11-16(28)13-20(19)29)22-10-6-5-9-21(22)33-41(2,37)38/h3-4,7-8,11-13,21-22,24-25,33H,5-6,9-10,14H2,1-2H3,(H,32,35)/t21-,22-,24+,25-/m0/s1. The van der Waals surface area contributed by atoms with Gasteiger partial charge >= 0.3 is 0 Å². The SMILES string of the molecule is Cc1noc(CONC(=O)[C@@H]2c3ccccc3C(=O)N([C@H]3CCCC[C@@H]3NS(C)(=O)=O)[C@H]2c2ccc(Cl)cc2Cl)n1. The molecule has 0 saturated heterocycles. The minimum absolute atomic E-state index is 0.168. The van der Waals surface area contributed by atoms with Gasteiger partial charge in [0.05, 0.1) is 18.2 Å². The number of benzene rings is 2. The third kappa shape index (κ3) is 6.41.